The summed E-state index contributed by atoms with van der Waals surface area (Å²) in [7, 11) is 2.24. The van der Waals surface area contributed by atoms with Crippen LogP contribution in [0.3, 0.4) is 0 Å². The van der Waals surface area contributed by atoms with Crippen LogP contribution in [-0.4, -0.2) is 30.1 Å². The minimum Gasteiger partial charge on any atom is -0.508 e. The molecule has 2 aliphatic rings. The number of phenolic OH excluding ortho intramolecular Hbond substituents is 1. The number of likely N-dealkylation sites (tertiary alicyclic amines) is 1. The Morgan fingerprint density at radius 2 is 1.78 bits per heavy atom. The fourth-order valence-corrected chi connectivity index (χ4v) is 4.74. The van der Waals surface area contributed by atoms with Crippen LogP contribution in [0.4, 0.5) is 0 Å². The fraction of sp³-hybridized carbons (Fsp3) is 0.714. The Hall–Kier alpha value is -1.02. The first kappa shape index (κ1) is 16.8. The van der Waals surface area contributed by atoms with Crippen LogP contribution >= 0.6 is 0 Å². The number of benzene rings is 1. The average Bonchev–Trinajstić information content (AvgIpc) is 2.57. The summed E-state index contributed by atoms with van der Waals surface area (Å²) in [4.78, 5) is 2.45. The van der Waals surface area contributed by atoms with Gasteiger partial charge in [-0.1, -0.05) is 37.0 Å². The lowest BCUT2D eigenvalue weighted by Gasteiger charge is -2.36. The molecule has 0 amide bonds. The lowest BCUT2D eigenvalue weighted by atomic mass is 9.71. The number of piperidine rings is 1. The number of aryl methyl sites for hydroxylation is 1. The molecule has 1 aromatic rings. The Bertz CT molecular complexity index is 499. The number of aromatic hydroxyl groups is 1. The van der Waals surface area contributed by atoms with Gasteiger partial charge in [0.05, 0.1) is 0 Å². The quantitative estimate of drug-likeness (QED) is 0.836. The van der Waals surface area contributed by atoms with Crippen molar-refractivity contribution in [3.63, 3.8) is 0 Å². The van der Waals surface area contributed by atoms with Gasteiger partial charge >= 0.3 is 0 Å². The molecule has 0 radical (unpaired) electrons. The number of rotatable bonds is 4. The molecule has 1 aliphatic heterocycles. The van der Waals surface area contributed by atoms with Crippen LogP contribution in [0.1, 0.15) is 68.4 Å². The van der Waals surface area contributed by atoms with Gasteiger partial charge in [0.2, 0.25) is 0 Å². The highest BCUT2D eigenvalue weighted by Crippen LogP contribution is 2.44. The zero-order valence-corrected chi connectivity index (χ0v) is 14.9. The SMILES string of the molecule is Cc1ccc(O)c(C(CC2CCN(C)CC2)C2CCCCC2)c1. The molecule has 2 nitrogen and oxygen atoms in total. The Morgan fingerprint density at radius 3 is 2.48 bits per heavy atom. The lowest BCUT2D eigenvalue weighted by Crippen LogP contribution is -2.31. The summed E-state index contributed by atoms with van der Waals surface area (Å²) in [5, 5.41) is 10.5. The number of hydrogen-bond donors (Lipinski definition) is 1. The van der Waals surface area contributed by atoms with Crippen LogP contribution in [-0.2, 0) is 0 Å². The standard InChI is InChI=1S/C21H33NO/c1-16-8-9-21(23)20(14-16)19(18-6-4-3-5-7-18)15-17-10-12-22(2)13-11-17/h8-9,14,17-19,23H,3-7,10-13,15H2,1-2H3. The minimum absolute atomic E-state index is 0.527. The van der Waals surface area contributed by atoms with Crippen LogP contribution in [0.2, 0.25) is 0 Å². The molecular weight excluding hydrogens is 282 g/mol. The van der Waals surface area contributed by atoms with E-state index in [1.165, 1.54) is 75.6 Å². The predicted octanol–water partition coefficient (Wildman–Crippen LogP) is 5.10. The number of phenols is 1. The molecule has 0 spiro atoms. The Balaban J connectivity index is 1.79. The van der Waals surface area contributed by atoms with Gasteiger partial charge in [0.15, 0.2) is 0 Å². The van der Waals surface area contributed by atoms with Crippen LogP contribution in [0.15, 0.2) is 18.2 Å². The normalized spacial score (nSPS) is 23.0. The summed E-state index contributed by atoms with van der Waals surface area (Å²) in [6, 6.07) is 6.20. The van der Waals surface area contributed by atoms with Crippen molar-refractivity contribution >= 4 is 0 Å². The van der Waals surface area contributed by atoms with E-state index in [4.69, 9.17) is 0 Å². The summed E-state index contributed by atoms with van der Waals surface area (Å²) in [5.41, 5.74) is 2.51. The van der Waals surface area contributed by atoms with Crippen LogP contribution in [0, 0.1) is 18.8 Å². The zero-order chi connectivity index (χ0) is 16.2. The van der Waals surface area contributed by atoms with Crippen molar-refractivity contribution in [1.29, 1.82) is 0 Å². The van der Waals surface area contributed by atoms with Crippen molar-refractivity contribution in [1.82, 2.24) is 4.90 Å². The number of nitrogens with zero attached hydrogens (tertiary/aromatic N) is 1. The summed E-state index contributed by atoms with van der Waals surface area (Å²) >= 11 is 0. The van der Waals surface area contributed by atoms with Gasteiger partial charge < -0.3 is 10.0 Å². The molecule has 1 N–H and O–H groups in total. The first-order valence-electron chi connectivity index (χ1n) is 9.61. The summed E-state index contributed by atoms with van der Waals surface area (Å²) in [6.07, 6.45) is 10.8. The molecule has 1 aromatic carbocycles. The van der Waals surface area contributed by atoms with Gasteiger partial charge in [-0.3, -0.25) is 0 Å². The summed E-state index contributed by atoms with van der Waals surface area (Å²) < 4.78 is 0. The molecule has 1 saturated heterocycles. The minimum atomic E-state index is 0.527. The maximum Gasteiger partial charge on any atom is 0.119 e. The molecule has 0 aromatic heterocycles. The van der Waals surface area contributed by atoms with E-state index in [1.54, 1.807) is 0 Å². The van der Waals surface area contributed by atoms with E-state index in [1.807, 2.05) is 12.1 Å². The zero-order valence-electron chi connectivity index (χ0n) is 14.9. The van der Waals surface area contributed by atoms with Gasteiger partial charge in [0.25, 0.3) is 0 Å². The molecule has 128 valence electrons. The molecule has 0 bridgehead atoms. The predicted molar refractivity (Wildman–Crippen MR) is 97.0 cm³/mol. The topological polar surface area (TPSA) is 23.5 Å². The molecule has 2 fully saturated rings. The third-order valence-electron chi connectivity index (χ3n) is 6.23. The van der Waals surface area contributed by atoms with Crippen LogP contribution in [0.5, 0.6) is 5.75 Å². The largest absolute Gasteiger partial charge is 0.508 e. The van der Waals surface area contributed by atoms with E-state index >= 15 is 0 Å². The molecule has 1 atom stereocenters. The van der Waals surface area contributed by atoms with Crippen LogP contribution in [0.25, 0.3) is 0 Å². The maximum atomic E-state index is 10.5. The van der Waals surface area contributed by atoms with E-state index in [-0.39, 0.29) is 0 Å². The second-order valence-corrected chi connectivity index (χ2v) is 8.05. The highest BCUT2D eigenvalue weighted by Gasteiger charge is 2.30. The first-order chi connectivity index (χ1) is 11.1. The third kappa shape index (κ3) is 4.29. The van der Waals surface area contributed by atoms with Gasteiger partial charge in [0.1, 0.15) is 5.75 Å². The summed E-state index contributed by atoms with van der Waals surface area (Å²) in [5.74, 6) is 2.69. The van der Waals surface area contributed by atoms with Crippen molar-refractivity contribution in [2.45, 2.75) is 64.2 Å². The smallest absolute Gasteiger partial charge is 0.119 e. The molecular formula is C21H33NO. The second kappa shape index (κ2) is 7.70. The van der Waals surface area contributed by atoms with Crippen LogP contribution < -0.4 is 0 Å². The molecule has 3 rings (SSSR count). The monoisotopic (exact) mass is 315 g/mol. The van der Waals surface area contributed by atoms with E-state index in [2.05, 4.69) is 24.9 Å². The van der Waals surface area contributed by atoms with Gasteiger partial charge in [-0.2, -0.15) is 0 Å². The molecule has 1 heterocycles. The van der Waals surface area contributed by atoms with Gasteiger partial charge in [-0.15, -0.1) is 0 Å². The summed E-state index contributed by atoms with van der Waals surface area (Å²) in [6.45, 7) is 4.63. The molecule has 23 heavy (non-hydrogen) atoms. The average molecular weight is 316 g/mol. The van der Waals surface area contributed by atoms with Gasteiger partial charge in [-0.25, -0.2) is 0 Å². The Kier molecular flexibility index (Phi) is 5.63. The first-order valence-corrected chi connectivity index (χ1v) is 9.61. The molecule has 1 aliphatic carbocycles. The highest BCUT2D eigenvalue weighted by atomic mass is 16.3. The Morgan fingerprint density at radius 1 is 1.09 bits per heavy atom. The lowest BCUT2D eigenvalue weighted by molar-refractivity contribution is 0.184. The number of hydrogen-bond acceptors (Lipinski definition) is 2. The van der Waals surface area contributed by atoms with E-state index < -0.39 is 0 Å². The van der Waals surface area contributed by atoms with Crippen molar-refractivity contribution in [2.24, 2.45) is 11.8 Å². The Labute approximate surface area is 141 Å². The van der Waals surface area contributed by atoms with Crippen molar-refractivity contribution in [3.8, 4) is 5.75 Å². The van der Waals surface area contributed by atoms with Crippen molar-refractivity contribution < 1.29 is 5.11 Å². The second-order valence-electron chi connectivity index (χ2n) is 8.05. The van der Waals surface area contributed by atoms with E-state index in [0.29, 0.717) is 11.7 Å². The van der Waals surface area contributed by atoms with E-state index in [0.717, 1.165) is 11.8 Å². The molecule has 2 heteroatoms. The molecule has 1 saturated carbocycles. The highest BCUT2D eigenvalue weighted by molar-refractivity contribution is 5.38. The fourth-order valence-electron chi connectivity index (χ4n) is 4.74. The van der Waals surface area contributed by atoms with Gasteiger partial charge in [-0.05, 0) is 88.5 Å². The van der Waals surface area contributed by atoms with Crippen molar-refractivity contribution in [2.75, 3.05) is 20.1 Å². The third-order valence-corrected chi connectivity index (χ3v) is 6.23. The van der Waals surface area contributed by atoms with E-state index in [9.17, 15) is 5.11 Å². The maximum absolute atomic E-state index is 10.5. The molecule has 1 unspecified atom stereocenters. The van der Waals surface area contributed by atoms with Crippen molar-refractivity contribution in [3.05, 3.63) is 29.3 Å². The van der Waals surface area contributed by atoms with Gasteiger partial charge in [0, 0.05) is 0 Å².